The highest BCUT2D eigenvalue weighted by molar-refractivity contribution is 7.99. The van der Waals surface area contributed by atoms with Gasteiger partial charge in [0.15, 0.2) is 11.0 Å². The smallest absolute Gasteiger partial charge is 0.250 e. The number of aromatic hydroxyl groups is 1. The number of hydrogen-bond acceptors (Lipinski definition) is 7. The molecule has 0 atom stereocenters. The molecule has 0 saturated heterocycles. The molecule has 0 bridgehead atoms. The van der Waals surface area contributed by atoms with E-state index in [1.807, 2.05) is 66.1 Å². The lowest BCUT2D eigenvalue weighted by Gasteiger charge is -2.10. The van der Waals surface area contributed by atoms with E-state index in [1.165, 1.54) is 11.8 Å². The number of para-hydroxylation sites is 1. The van der Waals surface area contributed by atoms with Crippen LogP contribution in [0.25, 0.3) is 17.1 Å². The molecule has 0 unspecified atom stereocenters. The standard InChI is InChI=1S/C26H25N5O3S/c1-3-23(18-9-13-21(32)14-10-18)27-28-24(33)17-35-26-30-29-25(19-11-15-22(34-2)16-12-19)31(26)20-7-5-4-6-8-20/h4-16,32H,3,17H2,1-2H3,(H,28,33). The summed E-state index contributed by atoms with van der Waals surface area (Å²) in [5, 5.41) is 23.1. The molecule has 178 valence electrons. The summed E-state index contributed by atoms with van der Waals surface area (Å²) in [5.41, 5.74) is 5.95. The Morgan fingerprint density at radius 3 is 2.40 bits per heavy atom. The van der Waals surface area contributed by atoms with E-state index in [-0.39, 0.29) is 17.4 Å². The molecule has 2 N–H and O–H groups in total. The zero-order valence-electron chi connectivity index (χ0n) is 19.4. The second-order valence-electron chi connectivity index (χ2n) is 7.49. The van der Waals surface area contributed by atoms with Crippen LogP contribution in [0.5, 0.6) is 11.5 Å². The minimum atomic E-state index is -0.256. The highest BCUT2D eigenvalue weighted by Crippen LogP contribution is 2.29. The Bertz CT molecular complexity index is 1300. The molecule has 0 saturated carbocycles. The van der Waals surface area contributed by atoms with Crippen LogP contribution in [0.2, 0.25) is 0 Å². The number of nitrogens with one attached hydrogen (secondary N) is 1. The number of nitrogens with zero attached hydrogens (tertiary/aromatic N) is 4. The lowest BCUT2D eigenvalue weighted by Crippen LogP contribution is -2.22. The fourth-order valence-electron chi connectivity index (χ4n) is 3.39. The SMILES string of the molecule is CCC(=NNC(=O)CSc1nnc(-c2ccc(OC)cc2)n1-c1ccccc1)c1ccc(O)cc1. The molecule has 0 aliphatic heterocycles. The predicted molar refractivity (Wildman–Crippen MR) is 137 cm³/mol. The monoisotopic (exact) mass is 487 g/mol. The second-order valence-corrected chi connectivity index (χ2v) is 8.43. The van der Waals surface area contributed by atoms with Crippen LogP contribution in [0, 0.1) is 0 Å². The zero-order chi connectivity index (χ0) is 24.6. The van der Waals surface area contributed by atoms with Gasteiger partial charge < -0.3 is 9.84 Å². The molecule has 0 aliphatic carbocycles. The van der Waals surface area contributed by atoms with Crippen molar-refractivity contribution in [1.82, 2.24) is 20.2 Å². The lowest BCUT2D eigenvalue weighted by molar-refractivity contribution is -0.118. The highest BCUT2D eigenvalue weighted by atomic mass is 32.2. The number of carbonyl (C=O) groups excluding carboxylic acids is 1. The van der Waals surface area contributed by atoms with E-state index in [9.17, 15) is 9.90 Å². The first-order valence-corrected chi connectivity index (χ1v) is 12.0. The van der Waals surface area contributed by atoms with Gasteiger partial charge in [0.25, 0.3) is 5.91 Å². The number of hydrogen-bond donors (Lipinski definition) is 2. The van der Waals surface area contributed by atoms with Gasteiger partial charge in [-0.15, -0.1) is 10.2 Å². The topological polar surface area (TPSA) is 102 Å². The van der Waals surface area contributed by atoms with Gasteiger partial charge >= 0.3 is 0 Å². The molecule has 0 fully saturated rings. The Balaban J connectivity index is 1.52. The molecule has 1 amide bonds. The van der Waals surface area contributed by atoms with Crippen LogP contribution in [0.3, 0.4) is 0 Å². The van der Waals surface area contributed by atoms with Crippen molar-refractivity contribution >= 4 is 23.4 Å². The minimum Gasteiger partial charge on any atom is -0.508 e. The maximum atomic E-state index is 12.6. The molecular formula is C26H25N5O3S. The van der Waals surface area contributed by atoms with Gasteiger partial charge in [-0.2, -0.15) is 5.10 Å². The molecule has 4 rings (SSSR count). The molecule has 9 heteroatoms. The third kappa shape index (κ3) is 5.88. The van der Waals surface area contributed by atoms with E-state index in [4.69, 9.17) is 4.74 Å². The first-order chi connectivity index (χ1) is 17.1. The minimum absolute atomic E-state index is 0.115. The van der Waals surface area contributed by atoms with E-state index in [2.05, 4.69) is 20.7 Å². The fourth-order valence-corrected chi connectivity index (χ4v) is 4.14. The molecule has 1 heterocycles. The van der Waals surface area contributed by atoms with Gasteiger partial charge in [-0.3, -0.25) is 9.36 Å². The fraction of sp³-hybridized carbons (Fsp3) is 0.154. The summed E-state index contributed by atoms with van der Waals surface area (Å²) >= 11 is 1.28. The van der Waals surface area contributed by atoms with Crippen molar-refractivity contribution in [3.8, 4) is 28.6 Å². The maximum Gasteiger partial charge on any atom is 0.250 e. The highest BCUT2D eigenvalue weighted by Gasteiger charge is 2.17. The summed E-state index contributed by atoms with van der Waals surface area (Å²) in [7, 11) is 1.62. The van der Waals surface area contributed by atoms with Crippen molar-refractivity contribution < 1.29 is 14.6 Å². The van der Waals surface area contributed by atoms with Crippen LogP contribution in [-0.2, 0) is 4.79 Å². The van der Waals surface area contributed by atoms with Crippen molar-refractivity contribution in [2.24, 2.45) is 5.10 Å². The Morgan fingerprint density at radius 2 is 1.74 bits per heavy atom. The molecule has 8 nitrogen and oxygen atoms in total. The van der Waals surface area contributed by atoms with Crippen LogP contribution >= 0.6 is 11.8 Å². The van der Waals surface area contributed by atoms with E-state index >= 15 is 0 Å². The number of amides is 1. The maximum absolute atomic E-state index is 12.6. The molecular weight excluding hydrogens is 462 g/mol. The number of carbonyl (C=O) groups is 1. The summed E-state index contributed by atoms with van der Waals surface area (Å²) in [6.45, 7) is 1.95. The van der Waals surface area contributed by atoms with Crippen LogP contribution in [0.4, 0.5) is 0 Å². The van der Waals surface area contributed by atoms with Gasteiger partial charge in [-0.05, 0) is 72.6 Å². The first-order valence-electron chi connectivity index (χ1n) is 11.0. The van der Waals surface area contributed by atoms with E-state index < -0.39 is 0 Å². The quantitative estimate of drug-likeness (QED) is 0.202. The molecule has 0 spiro atoms. The van der Waals surface area contributed by atoms with Gasteiger partial charge in [-0.25, -0.2) is 5.43 Å². The van der Waals surface area contributed by atoms with Crippen LogP contribution < -0.4 is 10.2 Å². The van der Waals surface area contributed by atoms with Crippen LogP contribution in [0.1, 0.15) is 18.9 Å². The molecule has 3 aromatic carbocycles. The van der Waals surface area contributed by atoms with Gasteiger partial charge in [0, 0.05) is 11.3 Å². The number of aromatic nitrogens is 3. The normalized spacial score (nSPS) is 11.3. The molecule has 35 heavy (non-hydrogen) atoms. The third-order valence-electron chi connectivity index (χ3n) is 5.18. The zero-order valence-corrected chi connectivity index (χ0v) is 20.2. The Kier molecular flexibility index (Phi) is 7.79. The molecule has 0 radical (unpaired) electrons. The Morgan fingerprint density at radius 1 is 1.03 bits per heavy atom. The van der Waals surface area contributed by atoms with Gasteiger partial charge in [0.05, 0.1) is 18.6 Å². The number of benzene rings is 3. The average molecular weight is 488 g/mol. The number of hydrazone groups is 1. The number of phenols is 1. The van der Waals surface area contributed by atoms with E-state index in [0.717, 1.165) is 28.3 Å². The average Bonchev–Trinajstić information content (AvgIpc) is 3.33. The van der Waals surface area contributed by atoms with E-state index in [0.29, 0.717) is 17.4 Å². The van der Waals surface area contributed by atoms with Gasteiger partial charge in [0.2, 0.25) is 0 Å². The van der Waals surface area contributed by atoms with Crippen molar-refractivity contribution in [2.75, 3.05) is 12.9 Å². The molecule has 0 aliphatic rings. The first kappa shape index (κ1) is 24.0. The summed E-state index contributed by atoms with van der Waals surface area (Å²) in [6.07, 6.45) is 0.631. The third-order valence-corrected chi connectivity index (χ3v) is 6.11. The largest absolute Gasteiger partial charge is 0.508 e. The van der Waals surface area contributed by atoms with Gasteiger partial charge in [-0.1, -0.05) is 36.9 Å². The van der Waals surface area contributed by atoms with Crippen LogP contribution in [0.15, 0.2) is 89.1 Å². The van der Waals surface area contributed by atoms with Gasteiger partial charge in [0.1, 0.15) is 11.5 Å². The second kappa shape index (κ2) is 11.3. The number of phenolic OH excluding ortho intramolecular Hbond substituents is 1. The summed E-state index contributed by atoms with van der Waals surface area (Å²) in [5.74, 6) is 1.46. The molecule has 4 aromatic rings. The Hall–Kier alpha value is -4.11. The van der Waals surface area contributed by atoms with Crippen molar-refractivity contribution in [1.29, 1.82) is 0 Å². The predicted octanol–water partition coefficient (Wildman–Crippen LogP) is 4.67. The summed E-state index contributed by atoms with van der Waals surface area (Å²) in [6, 6.07) is 24.1. The number of ether oxygens (including phenoxy) is 1. The van der Waals surface area contributed by atoms with Crippen LogP contribution in [-0.4, -0.2) is 44.4 Å². The summed E-state index contributed by atoms with van der Waals surface area (Å²) in [4.78, 5) is 12.6. The van der Waals surface area contributed by atoms with E-state index in [1.54, 1.807) is 31.4 Å². The number of rotatable bonds is 9. The summed E-state index contributed by atoms with van der Waals surface area (Å²) < 4.78 is 7.19. The van der Waals surface area contributed by atoms with Crippen molar-refractivity contribution in [3.05, 3.63) is 84.4 Å². The van der Waals surface area contributed by atoms with Crippen molar-refractivity contribution in [3.63, 3.8) is 0 Å². The molecule has 1 aromatic heterocycles. The number of thioether (sulfide) groups is 1. The number of methoxy groups -OCH3 is 1. The Labute approximate surface area is 207 Å². The van der Waals surface area contributed by atoms with Crippen molar-refractivity contribution in [2.45, 2.75) is 18.5 Å². The lowest BCUT2D eigenvalue weighted by atomic mass is 10.1.